The molecule has 39 heavy (non-hydrogen) atoms. The quantitative estimate of drug-likeness (QED) is 0.216. The van der Waals surface area contributed by atoms with Crippen LogP contribution in [0.5, 0.6) is 5.75 Å². The molecule has 1 saturated heterocycles. The van der Waals surface area contributed by atoms with Crippen LogP contribution < -0.4 is 21.7 Å². The van der Waals surface area contributed by atoms with E-state index in [9.17, 15) is 23.7 Å². The molecule has 1 aliphatic heterocycles. The number of ether oxygens (including phenoxy) is 2. The second kappa shape index (κ2) is 12.7. The van der Waals surface area contributed by atoms with Crippen molar-refractivity contribution < 1.29 is 40.1 Å². The highest BCUT2D eigenvalue weighted by Crippen LogP contribution is 2.51. The molecule has 0 spiro atoms. The fourth-order valence-corrected chi connectivity index (χ4v) is 5.38. The Hall–Kier alpha value is -3.27. The van der Waals surface area contributed by atoms with Crippen molar-refractivity contribution in [3.63, 3.8) is 0 Å². The second-order valence-corrected chi connectivity index (χ2v) is 11.0. The Morgan fingerprint density at radius 1 is 1.36 bits per heavy atom. The van der Waals surface area contributed by atoms with Gasteiger partial charge in [-0.2, -0.15) is 4.98 Å². The summed E-state index contributed by atoms with van der Waals surface area (Å²) in [6.07, 6.45) is -5.75. The van der Waals surface area contributed by atoms with Gasteiger partial charge in [-0.05, 0) is 32.0 Å². The maximum Gasteiger partial charge on any atom is 0.380 e. The molecule has 0 bridgehead atoms. The predicted octanol–water partition coefficient (Wildman–Crippen LogP) is 1.63. The fourth-order valence-electron chi connectivity index (χ4n) is 3.66. The van der Waals surface area contributed by atoms with E-state index in [0.29, 0.717) is 0 Å². The molecule has 2 heterocycles. The Morgan fingerprint density at radius 2 is 2.05 bits per heavy atom. The summed E-state index contributed by atoms with van der Waals surface area (Å²) in [6, 6.07) is 8.91. The van der Waals surface area contributed by atoms with Crippen LogP contribution in [0.4, 0.5) is 10.2 Å². The van der Waals surface area contributed by atoms with Gasteiger partial charge in [0.25, 0.3) is 0 Å². The van der Waals surface area contributed by atoms with Crippen molar-refractivity contribution in [3.05, 3.63) is 53.1 Å². The van der Waals surface area contributed by atoms with Crippen molar-refractivity contribution in [2.24, 2.45) is 11.7 Å². The minimum atomic E-state index is -4.57. The third-order valence-corrected chi connectivity index (χ3v) is 7.35. The number of aromatic nitrogens is 2. The van der Waals surface area contributed by atoms with E-state index in [1.54, 1.807) is 32.0 Å². The summed E-state index contributed by atoms with van der Waals surface area (Å²) in [7, 11) is -4.57. The van der Waals surface area contributed by atoms with E-state index in [-0.39, 0.29) is 11.6 Å². The molecule has 6 atom stereocenters. The van der Waals surface area contributed by atoms with Gasteiger partial charge < -0.3 is 30.6 Å². The summed E-state index contributed by atoms with van der Waals surface area (Å²) in [5.41, 5.74) is 8.60. The van der Waals surface area contributed by atoms with Crippen LogP contribution in [0, 0.1) is 17.8 Å². The van der Waals surface area contributed by atoms with E-state index >= 15 is 0 Å². The van der Waals surface area contributed by atoms with Gasteiger partial charge in [0.2, 0.25) is 0 Å². The van der Waals surface area contributed by atoms with Crippen molar-refractivity contribution in [3.8, 4) is 17.6 Å². The van der Waals surface area contributed by atoms with Crippen LogP contribution in [0.1, 0.15) is 29.7 Å². The van der Waals surface area contributed by atoms with Crippen LogP contribution in [0.25, 0.3) is 0 Å². The first kappa shape index (κ1) is 27.3. The number of nitrogens with zero attached hydrogens (tertiary/aromatic N) is 2. The number of aliphatic hydroxyl groups is 1. The molecule has 2 aromatic rings. The van der Waals surface area contributed by atoms with Gasteiger partial charge in [-0.25, -0.2) is 13.8 Å². The third kappa shape index (κ3) is 7.44. The molecular formula is C25H32FN4O8P. The van der Waals surface area contributed by atoms with Gasteiger partial charge in [0, 0.05) is 6.20 Å². The lowest BCUT2D eigenvalue weighted by atomic mass is 9.91. The SMILES string of the molecule is [2H]C([2H])(O[P@@](=O)(C[C@@H](C)C(=O)OC(C)C)Oc1ccccc1)[C@H]1O[C@@H](n2ccc(N)nc2=O)C(N)(C#CCF)[C@H]1O. The zero-order valence-electron chi connectivity index (χ0n) is 23.5. The first-order valence-corrected chi connectivity index (χ1v) is 13.6. The van der Waals surface area contributed by atoms with E-state index < -0.39 is 74.6 Å². The molecule has 212 valence electrons. The van der Waals surface area contributed by atoms with Crippen LogP contribution in [-0.2, 0) is 23.4 Å². The fraction of sp³-hybridized carbons (Fsp3) is 0.480. The maximum atomic E-state index is 14.0. The zero-order chi connectivity index (χ0) is 30.6. The smallest absolute Gasteiger partial charge is 0.380 e. The van der Waals surface area contributed by atoms with Gasteiger partial charge in [-0.15, -0.1) is 0 Å². The van der Waals surface area contributed by atoms with E-state index in [2.05, 4.69) is 16.8 Å². The molecule has 0 amide bonds. The van der Waals surface area contributed by atoms with Gasteiger partial charge in [0.1, 0.15) is 30.4 Å². The maximum absolute atomic E-state index is 14.0. The highest BCUT2D eigenvalue weighted by Gasteiger charge is 2.55. The van der Waals surface area contributed by atoms with Gasteiger partial charge in [0.15, 0.2) is 11.8 Å². The lowest BCUT2D eigenvalue weighted by Crippen LogP contribution is -2.55. The molecule has 5 N–H and O–H groups in total. The molecule has 12 nitrogen and oxygen atoms in total. The number of esters is 1. The van der Waals surface area contributed by atoms with E-state index in [4.69, 9.17) is 32.7 Å². The Morgan fingerprint density at radius 3 is 2.67 bits per heavy atom. The van der Waals surface area contributed by atoms with Crippen molar-refractivity contribution in [2.45, 2.75) is 50.8 Å². The van der Waals surface area contributed by atoms with Gasteiger partial charge in [-0.3, -0.25) is 13.9 Å². The molecular weight excluding hydrogens is 534 g/mol. The van der Waals surface area contributed by atoms with Crippen molar-refractivity contribution in [1.82, 2.24) is 9.55 Å². The molecule has 1 aromatic carbocycles. The Labute approximate surface area is 227 Å². The Bertz CT molecular complexity index is 1400. The first-order valence-electron chi connectivity index (χ1n) is 12.9. The van der Waals surface area contributed by atoms with E-state index in [1.165, 1.54) is 25.1 Å². The number of para-hydroxylation sites is 1. The number of nitrogen functional groups attached to an aromatic ring is 1. The normalized spacial score (nSPS) is 26.0. The minimum absolute atomic E-state index is 0.0447. The largest absolute Gasteiger partial charge is 0.463 e. The molecule has 0 saturated carbocycles. The molecule has 14 heteroatoms. The summed E-state index contributed by atoms with van der Waals surface area (Å²) >= 11 is 0. The number of hydrogen-bond acceptors (Lipinski definition) is 11. The number of carbonyl (C=O) groups excluding carboxylic acids is 1. The predicted molar refractivity (Wildman–Crippen MR) is 139 cm³/mol. The highest BCUT2D eigenvalue weighted by molar-refractivity contribution is 7.54. The number of alkyl halides is 1. The van der Waals surface area contributed by atoms with Crippen molar-refractivity contribution >= 4 is 19.4 Å². The Kier molecular flexibility index (Phi) is 8.91. The molecule has 0 radical (unpaired) electrons. The molecule has 1 aliphatic rings. The number of aliphatic hydroxyl groups excluding tert-OH is 1. The van der Waals surface area contributed by atoms with Crippen LogP contribution in [-0.4, -0.2) is 63.9 Å². The number of hydrogen-bond donors (Lipinski definition) is 3. The summed E-state index contributed by atoms with van der Waals surface area (Å²) in [4.78, 5) is 28.6. The topological polar surface area (TPSA) is 178 Å². The molecule has 1 unspecified atom stereocenters. The Balaban J connectivity index is 2.00. The lowest BCUT2D eigenvalue weighted by molar-refractivity contribution is -0.151. The molecule has 3 rings (SSSR count). The average Bonchev–Trinajstić information content (AvgIpc) is 3.13. The number of carbonyl (C=O) groups is 1. The average molecular weight is 569 g/mol. The van der Waals surface area contributed by atoms with Crippen LogP contribution >= 0.6 is 7.60 Å². The summed E-state index contributed by atoms with van der Waals surface area (Å²) in [6.45, 7) is 0.349. The highest BCUT2D eigenvalue weighted by atomic mass is 31.2. The second-order valence-electron chi connectivity index (χ2n) is 9.06. The van der Waals surface area contributed by atoms with Gasteiger partial charge in [0.05, 0.1) is 27.5 Å². The monoisotopic (exact) mass is 568 g/mol. The minimum Gasteiger partial charge on any atom is -0.463 e. The van der Waals surface area contributed by atoms with Crippen LogP contribution in [0.3, 0.4) is 0 Å². The number of benzene rings is 1. The van der Waals surface area contributed by atoms with Crippen molar-refractivity contribution in [1.29, 1.82) is 0 Å². The van der Waals surface area contributed by atoms with E-state index in [1.807, 2.05) is 0 Å². The number of rotatable bonds is 10. The third-order valence-electron chi connectivity index (χ3n) is 5.48. The van der Waals surface area contributed by atoms with E-state index in [0.717, 1.165) is 10.8 Å². The number of nitrogens with two attached hydrogens (primary N) is 2. The number of anilines is 1. The zero-order valence-corrected chi connectivity index (χ0v) is 22.4. The molecule has 1 aromatic heterocycles. The number of halogens is 1. The molecule has 0 aliphatic carbocycles. The van der Waals surface area contributed by atoms with Crippen LogP contribution in [0.2, 0.25) is 0 Å². The van der Waals surface area contributed by atoms with Gasteiger partial charge in [-0.1, -0.05) is 37.0 Å². The van der Waals surface area contributed by atoms with Crippen molar-refractivity contribution in [2.75, 3.05) is 25.1 Å². The first-order chi connectivity index (χ1) is 19.1. The summed E-state index contributed by atoms with van der Waals surface area (Å²) in [5.74, 6) is 2.48. The van der Waals surface area contributed by atoms with Gasteiger partial charge >= 0.3 is 19.3 Å². The molecule has 1 fully saturated rings. The summed E-state index contributed by atoms with van der Waals surface area (Å²) < 4.78 is 66.9. The standard InChI is InChI=1S/C25H32FN4O8P/c1-16(2)36-22(32)17(3)15-39(34,38-18-8-5-4-6-9-18)35-14-19-21(31)25(28,11-7-12-26)23(37-19)30-13-10-20(27)29-24(30)33/h4-6,8-10,13,16-17,19,21,23,31H,12,14-15,28H2,1-3H3,(H2,27,29,33)/t17-,19-,21+,23-,25?,39+/m1/s1/i14D2. The lowest BCUT2D eigenvalue weighted by Gasteiger charge is -2.28. The van der Waals surface area contributed by atoms with Crippen LogP contribution in [0.15, 0.2) is 47.4 Å². The summed E-state index contributed by atoms with van der Waals surface area (Å²) in [5, 5.41) is 11.1.